The summed E-state index contributed by atoms with van der Waals surface area (Å²) in [5.74, 6) is 0.293. The lowest BCUT2D eigenvalue weighted by molar-refractivity contribution is -0.142. The first-order valence-electron chi connectivity index (χ1n) is 7.01. The molecule has 0 spiro atoms. The predicted molar refractivity (Wildman–Crippen MR) is 77.8 cm³/mol. The molecule has 1 N–H and O–H groups in total. The molecule has 1 aromatic carbocycles. The van der Waals surface area contributed by atoms with E-state index in [0.717, 1.165) is 13.1 Å². The van der Waals surface area contributed by atoms with Gasteiger partial charge in [-0.1, -0.05) is 44.2 Å². The van der Waals surface area contributed by atoms with E-state index >= 15 is 0 Å². The van der Waals surface area contributed by atoms with Crippen molar-refractivity contribution in [2.24, 2.45) is 5.92 Å². The Morgan fingerprint density at radius 3 is 2.53 bits per heavy atom. The third-order valence-corrected chi connectivity index (χ3v) is 3.84. The van der Waals surface area contributed by atoms with Gasteiger partial charge >= 0.3 is 0 Å². The molecule has 3 heteroatoms. The third-order valence-electron chi connectivity index (χ3n) is 3.84. The zero-order chi connectivity index (χ0) is 14.0. The lowest BCUT2D eigenvalue weighted by Gasteiger charge is -2.47. The second kappa shape index (κ2) is 5.33. The highest BCUT2D eigenvalue weighted by atomic mass is 16.2. The van der Waals surface area contributed by atoms with Crippen LogP contribution in [-0.2, 0) is 4.79 Å². The lowest BCUT2D eigenvalue weighted by Crippen LogP contribution is -2.61. The Balaban J connectivity index is 2.19. The van der Waals surface area contributed by atoms with Crippen LogP contribution < -0.4 is 5.32 Å². The van der Waals surface area contributed by atoms with Gasteiger partial charge in [-0.05, 0) is 19.4 Å². The van der Waals surface area contributed by atoms with Gasteiger partial charge in [-0.25, -0.2) is 0 Å². The van der Waals surface area contributed by atoms with E-state index in [0.29, 0.717) is 0 Å². The maximum absolute atomic E-state index is 12.4. The Labute approximate surface area is 116 Å². The van der Waals surface area contributed by atoms with Gasteiger partial charge in [0.2, 0.25) is 5.91 Å². The predicted octanol–water partition coefficient (Wildman–Crippen LogP) is 2.59. The number of carbonyl (C=O) groups excluding carboxylic acids is 1. The van der Waals surface area contributed by atoms with Crippen LogP contribution >= 0.6 is 0 Å². The molecule has 1 amide bonds. The molecular formula is C16H24N2O. The highest BCUT2D eigenvalue weighted by Gasteiger charge is 2.37. The summed E-state index contributed by atoms with van der Waals surface area (Å²) in [7, 11) is 0. The Morgan fingerprint density at radius 1 is 1.32 bits per heavy atom. The van der Waals surface area contributed by atoms with Crippen LogP contribution in [0.4, 0.5) is 0 Å². The van der Waals surface area contributed by atoms with Crippen molar-refractivity contribution in [3.63, 3.8) is 0 Å². The molecule has 1 fully saturated rings. The van der Waals surface area contributed by atoms with E-state index in [1.165, 1.54) is 5.56 Å². The van der Waals surface area contributed by atoms with Gasteiger partial charge in [0.1, 0.15) is 0 Å². The Morgan fingerprint density at radius 2 is 1.95 bits per heavy atom. The van der Waals surface area contributed by atoms with Crippen LogP contribution in [0.1, 0.15) is 39.3 Å². The molecule has 1 heterocycles. The number of amides is 1. The summed E-state index contributed by atoms with van der Waals surface area (Å²) in [6, 6.07) is 10.6. The minimum absolute atomic E-state index is 0.0498. The fourth-order valence-corrected chi connectivity index (χ4v) is 2.57. The topological polar surface area (TPSA) is 32.3 Å². The van der Waals surface area contributed by atoms with Gasteiger partial charge in [-0.2, -0.15) is 0 Å². The van der Waals surface area contributed by atoms with Gasteiger partial charge in [-0.3, -0.25) is 4.79 Å². The average Bonchev–Trinajstić information content (AvgIpc) is 2.38. The van der Waals surface area contributed by atoms with Crippen molar-refractivity contribution >= 4 is 5.91 Å². The number of nitrogens with zero attached hydrogens (tertiary/aromatic N) is 1. The molecule has 1 atom stereocenters. The Hall–Kier alpha value is -1.35. The van der Waals surface area contributed by atoms with E-state index in [1.807, 2.05) is 36.9 Å². The second-order valence-electron chi connectivity index (χ2n) is 6.26. The molecule has 0 aromatic heterocycles. The molecule has 19 heavy (non-hydrogen) atoms. The Bertz CT molecular complexity index is 439. The third kappa shape index (κ3) is 2.98. The van der Waals surface area contributed by atoms with Crippen LogP contribution in [0.3, 0.4) is 0 Å². The number of carbonyl (C=O) groups is 1. The summed E-state index contributed by atoms with van der Waals surface area (Å²) in [6.45, 7) is 9.76. The van der Waals surface area contributed by atoms with Crippen molar-refractivity contribution in [1.29, 1.82) is 0 Å². The maximum Gasteiger partial charge on any atom is 0.225 e. The van der Waals surface area contributed by atoms with Crippen LogP contribution in [0.25, 0.3) is 0 Å². The molecular weight excluding hydrogens is 236 g/mol. The molecule has 0 aliphatic carbocycles. The fourth-order valence-electron chi connectivity index (χ4n) is 2.57. The van der Waals surface area contributed by atoms with Gasteiger partial charge in [0.15, 0.2) is 0 Å². The molecule has 0 bridgehead atoms. The second-order valence-corrected chi connectivity index (χ2v) is 6.26. The molecule has 0 radical (unpaired) electrons. The van der Waals surface area contributed by atoms with Crippen molar-refractivity contribution in [3.05, 3.63) is 35.9 Å². The van der Waals surface area contributed by atoms with Crippen molar-refractivity contribution in [2.45, 2.75) is 39.3 Å². The summed E-state index contributed by atoms with van der Waals surface area (Å²) >= 11 is 0. The van der Waals surface area contributed by atoms with Crippen LogP contribution in [0.2, 0.25) is 0 Å². The number of nitrogens with one attached hydrogen (secondary N) is 1. The molecule has 1 saturated heterocycles. The maximum atomic E-state index is 12.4. The first kappa shape index (κ1) is 14.1. The molecule has 2 rings (SSSR count). The highest BCUT2D eigenvalue weighted by Crippen LogP contribution is 2.27. The number of rotatable bonds is 2. The monoisotopic (exact) mass is 260 g/mol. The largest absolute Gasteiger partial charge is 0.334 e. The van der Waals surface area contributed by atoms with Crippen LogP contribution in [-0.4, -0.2) is 29.4 Å². The van der Waals surface area contributed by atoms with E-state index in [1.54, 1.807) is 0 Å². The zero-order valence-electron chi connectivity index (χ0n) is 12.3. The van der Waals surface area contributed by atoms with Gasteiger partial charge in [0.05, 0.1) is 0 Å². The standard InChI is InChI=1S/C16H24N2O/c1-12(2)15(19)18-10-14(17-11-16(18,3)4)13-8-6-5-7-9-13/h5-9,12,14,17H,10-11H2,1-4H3. The van der Waals surface area contributed by atoms with Gasteiger partial charge in [-0.15, -0.1) is 0 Å². The fraction of sp³-hybridized carbons (Fsp3) is 0.562. The molecule has 104 valence electrons. The first-order chi connectivity index (χ1) is 8.92. The summed E-state index contributed by atoms with van der Waals surface area (Å²) in [5.41, 5.74) is 1.13. The average molecular weight is 260 g/mol. The number of benzene rings is 1. The van der Waals surface area contributed by atoms with Crippen molar-refractivity contribution in [1.82, 2.24) is 10.2 Å². The normalized spacial score (nSPS) is 22.6. The quantitative estimate of drug-likeness (QED) is 0.886. The number of hydrogen-bond acceptors (Lipinski definition) is 2. The molecule has 0 saturated carbocycles. The zero-order valence-corrected chi connectivity index (χ0v) is 12.3. The van der Waals surface area contributed by atoms with Crippen molar-refractivity contribution < 1.29 is 4.79 Å². The van der Waals surface area contributed by atoms with Gasteiger partial charge in [0.25, 0.3) is 0 Å². The SMILES string of the molecule is CC(C)C(=O)N1CC(c2ccccc2)NCC1(C)C. The van der Waals surface area contributed by atoms with E-state index < -0.39 is 0 Å². The van der Waals surface area contributed by atoms with Crippen molar-refractivity contribution in [3.8, 4) is 0 Å². The minimum Gasteiger partial charge on any atom is -0.334 e. The van der Waals surface area contributed by atoms with E-state index in [2.05, 4.69) is 31.3 Å². The highest BCUT2D eigenvalue weighted by molar-refractivity contribution is 5.79. The van der Waals surface area contributed by atoms with Gasteiger partial charge in [0, 0.05) is 30.6 Å². The number of hydrogen-bond donors (Lipinski definition) is 1. The molecule has 1 aliphatic heterocycles. The molecule has 1 aliphatic rings. The van der Waals surface area contributed by atoms with Crippen molar-refractivity contribution in [2.75, 3.05) is 13.1 Å². The summed E-state index contributed by atoms with van der Waals surface area (Å²) < 4.78 is 0. The molecule has 3 nitrogen and oxygen atoms in total. The molecule has 1 aromatic rings. The summed E-state index contributed by atoms with van der Waals surface area (Å²) in [5, 5.41) is 3.56. The van der Waals surface area contributed by atoms with Crippen LogP contribution in [0, 0.1) is 5.92 Å². The van der Waals surface area contributed by atoms with E-state index in [-0.39, 0.29) is 23.4 Å². The number of piperazine rings is 1. The molecule has 1 unspecified atom stereocenters. The lowest BCUT2D eigenvalue weighted by atomic mass is 9.93. The van der Waals surface area contributed by atoms with Gasteiger partial charge < -0.3 is 10.2 Å². The summed E-state index contributed by atoms with van der Waals surface area (Å²) in [4.78, 5) is 14.4. The smallest absolute Gasteiger partial charge is 0.225 e. The first-order valence-corrected chi connectivity index (χ1v) is 7.01. The van der Waals surface area contributed by atoms with Crippen LogP contribution in [0.15, 0.2) is 30.3 Å². The Kier molecular flexibility index (Phi) is 3.95. The van der Waals surface area contributed by atoms with E-state index in [4.69, 9.17) is 0 Å². The van der Waals surface area contributed by atoms with Crippen LogP contribution in [0.5, 0.6) is 0 Å². The minimum atomic E-state index is -0.118. The summed E-state index contributed by atoms with van der Waals surface area (Å²) in [6.07, 6.45) is 0. The van der Waals surface area contributed by atoms with E-state index in [9.17, 15) is 4.79 Å².